The Morgan fingerprint density at radius 1 is 0.824 bits per heavy atom. The number of halogens is 1. The van der Waals surface area contributed by atoms with E-state index in [0.29, 0.717) is 0 Å². The van der Waals surface area contributed by atoms with Gasteiger partial charge in [-0.15, -0.1) is 17.0 Å². The molecule has 0 aliphatic rings. The zero-order valence-corrected chi connectivity index (χ0v) is 11.0. The number of benzene rings is 2. The normalized spacial score (nSPS) is 9.71. The first-order chi connectivity index (χ1) is 7.79. The molecule has 2 rings (SSSR count). The van der Waals surface area contributed by atoms with E-state index in [4.69, 9.17) is 5.73 Å². The van der Waals surface area contributed by atoms with Gasteiger partial charge in [-0.1, -0.05) is 60.7 Å². The molecule has 2 nitrogen and oxygen atoms in total. The highest BCUT2D eigenvalue weighted by Crippen LogP contribution is 2.23. The largest absolute Gasteiger partial charge is 0.369 e. The highest BCUT2D eigenvalue weighted by molar-refractivity contribution is 8.93. The lowest BCUT2D eigenvalue weighted by molar-refractivity contribution is -0.118. The molecule has 1 amide bonds. The van der Waals surface area contributed by atoms with Crippen molar-refractivity contribution in [2.45, 2.75) is 5.92 Å². The number of amides is 1. The minimum Gasteiger partial charge on any atom is -0.369 e. The van der Waals surface area contributed by atoms with Crippen molar-refractivity contribution in [2.75, 3.05) is 0 Å². The van der Waals surface area contributed by atoms with Crippen LogP contribution in [0.5, 0.6) is 0 Å². The third-order valence-corrected chi connectivity index (χ3v) is 2.55. The number of rotatable bonds is 3. The Morgan fingerprint density at radius 3 is 1.47 bits per heavy atom. The minimum atomic E-state index is -0.359. The van der Waals surface area contributed by atoms with E-state index in [9.17, 15) is 4.79 Å². The van der Waals surface area contributed by atoms with Gasteiger partial charge in [0.25, 0.3) is 0 Å². The van der Waals surface area contributed by atoms with Crippen molar-refractivity contribution >= 4 is 22.9 Å². The second kappa shape index (κ2) is 6.21. The van der Waals surface area contributed by atoms with Crippen molar-refractivity contribution in [1.82, 2.24) is 0 Å². The standard InChI is InChI=1S/C14H13NO.BrH/c15-14(16)13(11-7-3-1-4-8-11)12-9-5-2-6-10-12;/h1-10,13H,(H2,15,16);1H. The zero-order valence-electron chi connectivity index (χ0n) is 9.24. The van der Waals surface area contributed by atoms with Gasteiger partial charge < -0.3 is 5.73 Å². The molecular weight excluding hydrogens is 278 g/mol. The molecule has 0 saturated carbocycles. The Balaban J connectivity index is 0.00000144. The summed E-state index contributed by atoms with van der Waals surface area (Å²) in [6.45, 7) is 0. The smallest absolute Gasteiger partial charge is 0.229 e. The summed E-state index contributed by atoms with van der Waals surface area (Å²) in [5, 5.41) is 0. The van der Waals surface area contributed by atoms with Crippen LogP contribution in [-0.4, -0.2) is 5.91 Å². The summed E-state index contributed by atoms with van der Waals surface area (Å²) >= 11 is 0. The summed E-state index contributed by atoms with van der Waals surface area (Å²) < 4.78 is 0. The van der Waals surface area contributed by atoms with Crippen molar-refractivity contribution in [3.05, 3.63) is 71.8 Å². The second-order valence-corrected chi connectivity index (χ2v) is 3.66. The van der Waals surface area contributed by atoms with Gasteiger partial charge in [0.15, 0.2) is 0 Å². The summed E-state index contributed by atoms with van der Waals surface area (Å²) in [6, 6.07) is 19.2. The predicted octanol–water partition coefficient (Wildman–Crippen LogP) is 2.88. The monoisotopic (exact) mass is 291 g/mol. The van der Waals surface area contributed by atoms with Crippen LogP contribution in [0.3, 0.4) is 0 Å². The van der Waals surface area contributed by atoms with Gasteiger partial charge in [0.05, 0.1) is 5.92 Å². The van der Waals surface area contributed by atoms with E-state index in [1.54, 1.807) is 0 Å². The molecule has 2 aromatic carbocycles. The van der Waals surface area contributed by atoms with E-state index >= 15 is 0 Å². The summed E-state index contributed by atoms with van der Waals surface area (Å²) in [4.78, 5) is 11.5. The van der Waals surface area contributed by atoms with Crippen molar-refractivity contribution < 1.29 is 4.79 Å². The summed E-state index contributed by atoms with van der Waals surface area (Å²) in [7, 11) is 0. The number of primary amides is 1. The highest BCUT2D eigenvalue weighted by Gasteiger charge is 2.18. The molecule has 0 atom stereocenters. The molecule has 0 unspecified atom stereocenters. The second-order valence-electron chi connectivity index (χ2n) is 3.66. The molecule has 3 heteroatoms. The minimum absolute atomic E-state index is 0. The van der Waals surface area contributed by atoms with Gasteiger partial charge in [-0.05, 0) is 11.1 Å². The average Bonchev–Trinajstić information content (AvgIpc) is 2.31. The van der Waals surface area contributed by atoms with E-state index in [1.165, 1.54) is 0 Å². The molecule has 0 saturated heterocycles. The van der Waals surface area contributed by atoms with Crippen LogP contribution in [0.2, 0.25) is 0 Å². The highest BCUT2D eigenvalue weighted by atomic mass is 79.9. The lowest BCUT2D eigenvalue weighted by Crippen LogP contribution is -2.22. The predicted molar refractivity (Wildman–Crippen MR) is 74.2 cm³/mol. The van der Waals surface area contributed by atoms with E-state index in [1.807, 2.05) is 60.7 Å². The molecule has 0 fully saturated rings. The number of nitrogens with two attached hydrogens (primary N) is 1. The van der Waals surface area contributed by atoms with Gasteiger partial charge in [-0.2, -0.15) is 0 Å². The van der Waals surface area contributed by atoms with Crippen LogP contribution in [0.15, 0.2) is 60.7 Å². The van der Waals surface area contributed by atoms with E-state index in [2.05, 4.69) is 0 Å². The quantitative estimate of drug-likeness (QED) is 0.928. The van der Waals surface area contributed by atoms with Gasteiger partial charge in [-0.25, -0.2) is 0 Å². The Hall–Kier alpha value is -1.61. The lowest BCUT2D eigenvalue weighted by Gasteiger charge is -2.13. The Labute approximate surface area is 111 Å². The van der Waals surface area contributed by atoms with E-state index in [-0.39, 0.29) is 28.8 Å². The van der Waals surface area contributed by atoms with Crippen LogP contribution in [0.4, 0.5) is 0 Å². The van der Waals surface area contributed by atoms with Crippen LogP contribution in [-0.2, 0) is 4.79 Å². The fourth-order valence-corrected chi connectivity index (χ4v) is 1.81. The molecule has 0 aliphatic heterocycles. The first-order valence-electron chi connectivity index (χ1n) is 5.18. The maximum Gasteiger partial charge on any atom is 0.229 e. The Kier molecular flexibility index (Phi) is 4.91. The molecule has 88 valence electrons. The van der Waals surface area contributed by atoms with Crippen molar-refractivity contribution in [1.29, 1.82) is 0 Å². The molecular formula is C14H14BrNO. The molecule has 0 spiro atoms. The zero-order chi connectivity index (χ0) is 11.4. The molecule has 2 N–H and O–H groups in total. The number of carbonyl (C=O) groups excluding carboxylic acids is 1. The Morgan fingerprint density at radius 2 is 1.18 bits per heavy atom. The molecule has 2 aromatic rings. The van der Waals surface area contributed by atoms with Crippen LogP contribution in [0.25, 0.3) is 0 Å². The summed E-state index contributed by atoms with van der Waals surface area (Å²) in [6.07, 6.45) is 0. The summed E-state index contributed by atoms with van der Waals surface area (Å²) in [5.41, 5.74) is 7.33. The molecule has 0 aliphatic carbocycles. The molecule has 0 heterocycles. The van der Waals surface area contributed by atoms with Gasteiger partial charge in [0.1, 0.15) is 0 Å². The molecule has 17 heavy (non-hydrogen) atoms. The SMILES string of the molecule is Br.NC(=O)C(c1ccccc1)c1ccccc1. The Bertz CT molecular complexity index is 431. The molecule has 0 bridgehead atoms. The fourth-order valence-electron chi connectivity index (χ4n) is 1.81. The van der Waals surface area contributed by atoms with Gasteiger partial charge in [0.2, 0.25) is 5.91 Å². The maximum absolute atomic E-state index is 11.5. The lowest BCUT2D eigenvalue weighted by atomic mass is 9.91. The van der Waals surface area contributed by atoms with Crippen molar-refractivity contribution in [2.24, 2.45) is 5.73 Å². The maximum atomic E-state index is 11.5. The van der Waals surface area contributed by atoms with Crippen molar-refractivity contribution in [3.8, 4) is 0 Å². The average molecular weight is 292 g/mol. The van der Waals surface area contributed by atoms with Crippen LogP contribution >= 0.6 is 17.0 Å². The van der Waals surface area contributed by atoms with E-state index < -0.39 is 0 Å². The third kappa shape index (κ3) is 3.17. The van der Waals surface area contributed by atoms with Crippen LogP contribution in [0.1, 0.15) is 17.0 Å². The van der Waals surface area contributed by atoms with Crippen molar-refractivity contribution in [3.63, 3.8) is 0 Å². The number of hydrogen-bond donors (Lipinski definition) is 1. The first kappa shape index (κ1) is 13.5. The van der Waals surface area contributed by atoms with Gasteiger partial charge >= 0.3 is 0 Å². The van der Waals surface area contributed by atoms with Crippen LogP contribution < -0.4 is 5.73 Å². The fraction of sp³-hybridized carbons (Fsp3) is 0.0714. The molecule has 0 aromatic heterocycles. The number of hydrogen-bond acceptors (Lipinski definition) is 1. The number of carbonyl (C=O) groups is 1. The van der Waals surface area contributed by atoms with Gasteiger partial charge in [0, 0.05) is 0 Å². The summed E-state index contributed by atoms with van der Waals surface area (Å²) in [5.74, 6) is -0.681. The van der Waals surface area contributed by atoms with Crippen LogP contribution in [0, 0.1) is 0 Å². The first-order valence-corrected chi connectivity index (χ1v) is 5.18. The van der Waals surface area contributed by atoms with E-state index in [0.717, 1.165) is 11.1 Å². The third-order valence-electron chi connectivity index (χ3n) is 2.55. The molecule has 0 radical (unpaired) electrons. The topological polar surface area (TPSA) is 43.1 Å². The van der Waals surface area contributed by atoms with Gasteiger partial charge in [-0.3, -0.25) is 4.79 Å².